The molecule has 0 saturated heterocycles. The summed E-state index contributed by atoms with van der Waals surface area (Å²) < 4.78 is 67.9. The van der Waals surface area contributed by atoms with Crippen molar-refractivity contribution < 1.29 is 80.2 Å². The molecule has 17 nitrogen and oxygen atoms in total. The molecule has 0 fully saturated rings. The number of phosphoric acid groups is 2. The molecule has 0 aromatic rings. The van der Waals surface area contributed by atoms with Gasteiger partial charge in [0.25, 0.3) is 0 Å². The topological polar surface area (TPSA) is 237 Å². The number of rotatable bonds is 65. The van der Waals surface area contributed by atoms with Crippen LogP contribution >= 0.6 is 15.6 Å². The summed E-state index contributed by atoms with van der Waals surface area (Å²) in [5.74, 6) is -1.36. The van der Waals surface area contributed by atoms with Crippen molar-refractivity contribution in [3.63, 3.8) is 0 Å². The van der Waals surface area contributed by atoms with E-state index in [1.165, 1.54) is 148 Å². The highest BCUT2D eigenvalue weighted by atomic mass is 31.2. The molecule has 0 amide bonds. The summed E-state index contributed by atoms with van der Waals surface area (Å²) in [5.41, 5.74) is 0. The van der Waals surface area contributed by atoms with E-state index in [1.807, 2.05) is 0 Å². The lowest BCUT2D eigenvalue weighted by Gasteiger charge is -2.21. The van der Waals surface area contributed by atoms with Gasteiger partial charge in [-0.2, -0.15) is 0 Å². The molecule has 3 N–H and O–H groups in total. The number of ether oxygens (including phenoxy) is 4. The molecule has 0 bridgehead atoms. The van der Waals surface area contributed by atoms with E-state index < -0.39 is 97.5 Å². The lowest BCUT2D eigenvalue weighted by atomic mass is 10.0. The summed E-state index contributed by atoms with van der Waals surface area (Å²) in [5, 5.41) is 10.5. The zero-order valence-electron chi connectivity index (χ0n) is 54.0. The van der Waals surface area contributed by atoms with Gasteiger partial charge in [0.05, 0.1) is 26.4 Å². The molecule has 0 aliphatic carbocycles. The average Bonchev–Trinajstić information content (AvgIpc) is 3.61. The molecule has 0 saturated carbocycles. The van der Waals surface area contributed by atoms with E-state index in [1.54, 1.807) is 0 Å². The van der Waals surface area contributed by atoms with Crippen LogP contribution in [0.5, 0.6) is 0 Å². The highest BCUT2D eigenvalue weighted by Crippen LogP contribution is 2.45. The fourth-order valence-corrected chi connectivity index (χ4v) is 11.3. The van der Waals surface area contributed by atoms with Crippen molar-refractivity contribution in [2.75, 3.05) is 39.6 Å². The third-order valence-corrected chi connectivity index (χ3v) is 16.9. The van der Waals surface area contributed by atoms with E-state index in [2.05, 4.69) is 34.6 Å². The minimum Gasteiger partial charge on any atom is -0.462 e. The molecule has 0 spiro atoms. The van der Waals surface area contributed by atoms with Crippen molar-refractivity contribution in [3.05, 3.63) is 0 Å². The summed E-state index contributed by atoms with van der Waals surface area (Å²) in [4.78, 5) is 72.0. The Morgan fingerprint density at radius 2 is 0.548 bits per heavy atom. The lowest BCUT2D eigenvalue weighted by Crippen LogP contribution is -2.30. The molecule has 0 aliphatic heterocycles. The van der Waals surface area contributed by atoms with Crippen molar-refractivity contribution in [3.8, 4) is 0 Å². The first-order chi connectivity index (χ1) is 40.5. The van der Waals surface area contributed by atoms with Gasteiger partial charge in [-0.25, -0.2) is 9.13 Å². The molecular weight excluding hydrogens is 1110 g/mol. The summed E-state index contributed by atoms with van der Waals surface area (Å²) in [6.07, 6.45) is 43.3. The smallest absolute Gasteiger partial charge is 0.462 e. The van der Waals surface area contributed by atoms with Crippen molar-refractivity contribution >= 4 is 39.5 Å². The SMILES string of the molecule is CCCCCCCCCCCCCCC(=O)OC[C@H](COP(=O)(O)OC[C@@H](O)COP(=O)(O)OC[C@@H](COC(=O)CCCCCCC)OC(=O)CCCCCCCCCCCCCC)OC(=O)CCCCCCCCCCCCCCC(C)C. The van der Waals surface area contributed by atoms with E-state index in [0.29, 0.717) is 25.7 Å². The van der Waals surface area contributed by atoms with Gasteiger partial charge in [0.2, 0.25) is 0 Å². The zero-order chi connectivity index (χ0) is 62.0. The highest BCUT2D eigenvalue weighted by molar-refractivity contribution is 7.47. The molecule has 5 atom stereocenters. The number of phosphoric ester groups is 2. The van der Waals surface area contributed by atoms with Crippen molar-refractivity contribution in [1.82, 2.24) is 0 Å². The molecule has 0 heterocycles. The maximum Gasteiger partial charge on any atom is 0.472 e. The molecule has 0 aromatic heterocycles. The van der Waals surface area contributed by atoms with E-state index >= 15 is 0 Å². The van der Waals surface area contributed by atoms with Crippen molar-refractivity contribution in [2.45, 2.75) is 348 Å². The van der Waals surface area contributed by atoms with E-state index in [-0.39, 0.29) is 25.7 Å². The number of carbonyl (C=O) groups is 4. The maximum atomic E-state index is 13.0. The second-order valence-corrected chi connectivity index (χ2v) is 26.9. The van der Waals surface area contributed by atoms with Crippen molar-refractivity contribution in [1.29, 1.82) is 0 Å². The van der Waals surface area contributed by atoms with Gasteiger partial charge in [-0.1, -0.05) is 279 Å². The van der Waals surface area contributed by atoms with Gasteiger partial charge in [0, 0.05) is 25.7 Å². The number of aliphatic hydroxyl groups excluding tert-OH is 1. The Hall–Kier alpha value is -1.94. The molecule has 0 aliphatic rings. The van der Waals surface area contributed by atoms with Gasteiger partial charge in [0.1, 0.15) is 19.3 Å². The van der Waals surface area contributed by atoms with Gasteiger partial charge in [-0.15, -0.1) is 0 Å². The summed E-state index contributed by atoms with van der Waals surface area (Å²) in [7, 11) is -9.88. The second-order valence-electron chi connectivity index (χ2n) is 24.0. The largest absolute Gasteiger partial charge is 0.472 e. The Balaban J connectivity index is 5.17. The molecule has 0 rings (SSSR count). The molecule has 0 radical (unpaired) electrons. The number of aliphatic hydroxyl groups is 1. The van der Waals surface area contributed by atoms with Gasteiger partial charge in [-0.05, 0) is 31.6 Å². The van der Waals surface area contributed by atoms with Crippen LogP contribution in [0.4, 0.5) is 0 Å². The third kappa shape index (κ3) is 59.0. The Morgan fingerprint density at radius 1 is 0.321 bits per heavy atom. The molecule has 19 heteroatoms. The van der Waals surface area contributed by atoms with Gasteiger partial charge in [0.15, 0.2) is 12.2 Å². The summed E-state index contributed by atoms with van der Waals surface area (Å²) in [6, 6.07) is 0. The predicted octanol–water partition coefficient (Wildman–Crippen LogP) is 18.2. The number of carbonyl (C=O) groups excluding carboxylic acids is 4. The minimum atomic E-state index is -4.94. The van der Waals surface area contributed by atoms with Crippen LogP contribution in [0, 0.1) is 5.92 Å². The number of hydrogen-bond donors (Lipinski definition) is 3. The van der Waals surface area contributed by atoms with E-state index in [9.17, 15) is 43.2 Å². The van der Waals surface area contributed by atoms with Gasteiger partial charge in [-0.3, -0.25) is 37.3 Å². The molecule has 0 aromatic carbocycles. The number of unbranched alkanes of at least 4 members (excludes halogenated alkanes) is 37. The van der Waals surface area contributed by atoms with Crippen LogP contribution in [-0.2, 0) is 65.4 Å². The second kappa shape index (κ2) is 58.7. The average molecular weight is 1240 g/mol. The Kier molecular flexibility index (Phi) is 57.4. The van der Waals surface area contributed by atoms with Crippen LogP contribution < -0.4 is 0 Å². The van der Waals surface area contributed by atoms with Gasteiger partial charge < -0.3 is 33.8 Å². The van der Waals surface area contributed by atoms with E-state index in [4.69, 9.17) is 37.0 Å². The Morgan fingerprint density at radius 3 is 0.810 bits per heavy atom. The maximum absolute atomic E-state index is 13.0. The Labute approximate surface area is 511 Å². The van der Waals surface area contributed by atoms with E-state index in [0.717, 1.165) is 102 Å². The quantitative estimate of drug-likeness (QED) is 0.0222. The summed E-state index contributed by atoms with van der Waals surface area (Å²) in [6.45, 7) is 7.13. The third-order valence-electron chi connectivity index (χ3n) is 15.0. The number of esters is 4. The summed E-state index contributed by atoms with van der Waals surface area (Å²) >= 11 is 0. The molecule has 84 heavy (non-hydrogen) atoms. The molecule has 498 valence electrons. The monoisotopic (exact) mass is 1240 g/mol. The molecular formula is C65H126O17P2. The van der Waals surface area contributed by atoms with Crippen LogP contribution in [-0.4, -0.2) is 96.7 Å². The predicted molar refractivity (Wildman–Crippen MR) is 335 cm³/mol. The normalized spacial score (nSPS) is 14.2. The first kappa shape index (κ1) is 82.1. The van der Waals surface area contributed by atoms with Crippen molar-refractivity contribution in [2.24, 2.45) is 5.92 Å². The first-order valence-corrected chi connectivity index (χ1v) is 37.1. The van der Waals surface area contributed by atoms with Crippen LogP contribution in [0.3, 0.4) is 0 Å². The fraction of sp³-hybridized carbons (Fsp3) is 0.938. The van der Waals surface area contributed by atoms with Crippen LogP contribution in [0.15, 0.2) is 0 Å². The molecule has 2 unspecified atom stereocenters. The standard InChI is InChI=1S/C65H126O17P2/c1-6-9-12-15-17-19-21-26-30-34-39-44-49-63(68)76-55-61(82-65(70)51-46-41-36-32-28-24-23-25-29-33-38-42-47-58(4)5)57-80-84(73,74)78-53-59(66)52-77-83(71,72)79-56-60(54-75-62(67)48-43-37-14-11-8-3)81-64(69)50-45-40-35-31-27-22-20-18-16-13-10-7-2/h58-61,66H,6-57H2,1-5H3,(H,71,72)(H,73,74)/t59-,60+,61+/m0/s1. The first-order valence-electron chi connectivity index (χ1n) is 34.1. The lowest BCUT2D eigenvalue weighted by molar-refractivity contribution is -0.161. The highest BCUT2D eigenvalue weighted by Gasteiger charge is 2.30. The zero-order valence-corrected chi connectivity index (χ0v) is 55.8. The Bertz CT molecular complexity index is 1640. The van der Waals surface area contributed by atoms with Crippen LogP contribution in [0.2, 0.25) is 0 Å². The van der Waals surface area contributed by atoms with Crippen LogP contribution in [0.25, 0.3) is 0 Å². The minimum absolute atomic E-state index is 0.106. The fourth-order valence-electron chi connectivity index (χ4n) is 9.76. The number of hydrogen-bond acceptors (Lipinski definition) is 15. The van der Waals surface area contributed by atoms with Gasteiger partial charge >= 0.3 is 39.5 Å². The van der Waals surface area contributed by atoms with Crippen LogP contribution in [0.1, 0.15) is 330 Å².